The number of imide groups is 2. The third kappa shape index (κ3) is 5.58. The average molecular weight is 686 g/mol. The first-order valence-electron chi connectivity index (χ1n) is 9.78. The monoisotopic (exact) mass is 684 g/mol. The molecule has 0 aromatic heterocycles. The molecule has 0 unspecified atom stereocenters. The summed E-state index contributed by atoms with van der Waals surface area (Å²) in [7, 11) is 0. The van der Waals surface area contributed by atoms with Gasteiger partial charge in [0, 0.05) is 18.6 Å². The van der Waals surface area contributed by atoms with Crippen molar-refractivity contribution in [1.82, 2.24) is 5.32 Å². The molecule has 35 heavy (non-hydrogen) atoms. The van der Waals surface area contributed by atoms with E-state index in [4.69, 9.17) is 27.9 Å². The molecule has 0 radical (unpaired) electrons. The highest BCUT2D eigenvalue weighted by Crippen LogP contribution is 2.30. The number of nitrogens with one attached hydrogen (secondary N) is 1. The number of rotatable bonds is 4. The Labute approximate surface area is 231 Å². The van der Waals surface area contributed by atoms with E-state index in [0.717, 1.165) is 8.47 Å². The van der Waals surface area contributed by atoms with E-state index in [1.165, 1.54) is 30.3 Å². The van der Waals surface area contributed by atoms with Crippen molar-refractivity contribution in [1.29, 1.82) is 0 Å². The highest BCUT2D eigenvalue weighted by molar-refractivity contribution is 14.1. The maximum atomic E-state index is 13.2. The molecule has 0 aliphatic carbocycles. The van der Waals surface area contributed by atoms with Gasteiger partial charge in [0.25, 0.3) is 11.8 Å². The molecule has 1 fully saturated rings. The van der Waals surface area contributed by atoms with E-state index >= 15 is 0 Å². The summed E-state index contributed by atoms with van der Waals surface area (Å²) in [6, 6.07) is 14.8. The molecule has 7 nitrogen and oxygen atoms in total. The van der Waals surface area contributed by atoms with E-state index in [2.05, 4.69) is 43.8 Å². The highest BCUT2D eigenvalue weighted by atomic mass is 127. The number of anilines is 1. The Balaban J connectivity index is 1.71. The van der Waals surface area contributed by atoms with Crippen LogP contribution in [-0.2, 0) is 9.59 Å². The summed E-state index contributed by atoms with van der Waals surface area (Å²) in [6.07, 6.45) is 1.25. The van der Waals surface area contributed by atoms with E-state index in [9.17, 15) is 19.2 Å². The standard InChI is InChI=1S/C24H12BrCl2IN2O5/c25-13-1-8-20(35-23(33)17-7-2-14(26)11-19(17)27)12(9-13)10-18-21(31)29-24(34)30(22(18)32)16-5-3-15(28)4-6-16/h1-11H,(H,29,31,34)/b18-10-. The van der Waals surface area contributed by atoms with Gasteiger partial charge in [0.2, 0.25) is 0 Å². The van der Waals surface area contributed by atoms with Crippen LogP contribution in [0.4, 0.5) is 10.5 Å². The van der Waals surface area contributed by atoms with Crippen LogP contribution in [0.1, 0.15) is 15.9 Å². The predicted molar refractivity (Wildman–Crippen MR) is 144 cm³/mol. The summed E-state index contributed by atoms with van der Waals surface area (Å²) in [5.74, 6) is -2.39. The summed E-state index contributed by atoms with van der Waals surface area (Å²) in [6.45, 7) is 0. The van der Waals surface area contributed by atoms with Gasteiger partial charge in [-0.25, -0.2) is 14.5 Å². The van der Waals surface area contributed by atoms with Crippen LogP contribution < -0.4 is 15.0 Å². The first-order chi connectivity index (χ1) is 16.6. The Morgan fingerprint density at radius 3 is 2.40 bits per heavy atom. The lowest BCUT2D eigenvalue weighted by Gasteiger charge is -2.26. The number of nitrogens with zero attached hydrogens (tertiary/aromatic N) is 1. The molecule has 3 aromatic carbocycles. The quantitative estimate of drug-likeness (QED) is 0.115. The zero-order chi connectivity index (χ0) is 25.3. The van der Waals surface area contributed by atoms with Gasteiger partial charge in [-0.3, -0.25) is 14.9 Å². The number of urea groups is 1. The number of carbonyl (C=O) groups is 4. The second-order valence-corrected chi connectivity index (χ2v) is 10.1. The lowest BCUT2D eigenvalue weighted by molar-refractivity contribution is -0.122. The van der Waals surface area contributed by atoms with E-state index in [0.29, 0.717) is 15.2 Å². The second-order valence-electron chi connectivity index (χ2n) is 7.13. The minimum absolute atomic E-state index is 0.0648. The fourth-order valence-corrected chi connectivity index (χ4v) is 4.40. The Morgan fingerprint density at radius 2 is 1.71 bits per heavy atom. The Morgan fingerprint density at radius 1 is 1.00 bits per heavy atom. The maximum absolute atomic E-state index is 13.2. The van der Waals surface area contributed by atoms with Crippen LogP contribution in [0.15, 0.2) is 70.7 Å². The lowest BCUT2D eigenvalue weighted by Crippen LogP contribution is -2.54. The van der Waals surface area contributed by atoms with Crippen LogP contribution in [0, 0.1) is 3.57 Å². The highest BCUT2D eigenvalue weighted by Gasteiger charge is 2.37. The van der Waals surface area contributed by atoms with Gasteiger partial charge < -0.3 is 4.74 Å². The lowest BCUT2D eigenvalue weighted by atomic mass is 10.1. The van der Waals surface area contributed by atoms with Gasteiger partial charge in [-0.15, -0.1) is 0 Å². The van der Waals surface area contributed by atoms with Crippen molar-refractivity contribution in [2.45, 2.75) is 0 Å². The van der Waals surface area contributed by atoms with Gasteiger partial charge in [0.05, 0.1) is 16.3 Å². The molecule has 1 heterocycles. The third-order valence-corrected chi connectivity index (χ3v) is 6.57. The van der Waals surface area contributed by atoms with Crippen molar-refractivity contribution in [3.8, 4) is 5.75 Å². The number of benzene rings is 3. The number of amides is 4. The van der Waals surface area contributed by atoms with Crippen LogP contribution in [0.25, 0.3) is 6.08 Å². The van der Waals surface area contributed by atoms with Crippen LogP contribution in [-0.4, -0.2) is 23.8 Å². The number of halogens is 4. The number of barbiturate groups is 1. The smallest absolute Gasteiger partial charge is 0.345 e. The van der Waals surface area contributed by atoms with Crippen LogP contribution >= 0.6 is 61.7 Å². The molecule has 4 rings (SSSR count). The van der Waals surface area contributed by atoms with Crippen molar-refractivity contribution in [3.05, 3.63) is 95.5 Å². The number of hydrogen-bond donors (Lipinski definition) is 1. The molecule has 176 valence electrons. The molecule has 0 bridgehead atoms. The fourth-order valence-electron chi connectivity index (χ4n) is 3.17. The zero-order valence-electron chi connectivity index (χ0n) is 17.4. The van der Waals surface area contributed by atoms with Crippen molar-refractivity contribution >= 4 is 97.3 Å². The summed E-state index contributed by atoms with van der Waals surface area (Å²) >= 11 is 17.4. The molecule has 0 atom stereocenters. The normalized spacial score (nSPS) is 14.8. The Bertz CT molecular complexity index is 1430. The molecule has 4 amide bonds. The van der Waals surface area contributed by atoms with E-state index in [1.807, 2.05) is 0 Å². The van der Waals surface area contributed by atoms with Gasteiger partial charge in [-0.1, -0.05) is 39.1 Å². The molecule has 3 aromatic rings. The Kier molecular flexibility index (Phi) is 7.60. The minimum Gasteiger partial charge on any atom is -0.422 e. The van der Waals surface area contributed by atoms with Gasteiger partial charge in [-0.05, 0) is 89.3 Å². The van der Waals surface area contributed by atoms with Crippen molar-refractivity contribution in [2.24, 2.45) is 0 Å². The molecule has 1 aliphatic heterocycles. The Hall–Kier alpha value is -2.73. The number of hydrogen-bond acceptors (Lipinski definition) is 5. The minimum atomic E-state index is -0.875. The maximum Gasteiger partial charge on any atom is 0.345 e. The fraction of sp³-hybridized carbons (Fsp3) is 0. The van der Waals surface area contributed by atoms with Crippen LogP contribution in [0.3, 0.4) is 0 Å². The molecule has 1 N–H and O–H groups in total. The third-order valence-electron chi connectivity index (χ3n) is 4.81. The van der Waals surface area contributed by atoms with Gasteiger partial charge in [0.15, 0.2) is 0 Å². The molecule has 0 spiro atoms. The largest absolute Gasteiger partial charge is 0.422 e. The van der Waals surface area contributed by atoms with Gasteiger partial charge in [0.1, 0.15) is 11.3 Å². The number of ether oxygens (including phenoxy) is 1. The summed E-state index contributed by atoms with van der Waals surface area (Å²) in [5.41, 5.74) is 0.306. The van der Waals surface area contributed by atoms with Gasteiger partial charge in [-0.2, -0.15) is 0 Å². The number of carbonyl (C=O) groups excluding carboxylic acids is 4. The molecule has 11 heteroatoms. The average Bonchev–Trinajstić information content (AvgIpc) is 2.79. The molecule has 1 aliphatic rings. The first kappa shape index (κ1) is 25.4. The van der Waals surface area contributed by atoms with E-state index in [-0.39, 0.29) is 27.5 Å². The van der Waals surface area contributed by atoms with Crippen molar-refractivity contribution in [3.63, 3.8) is 0 Å². The summed E-state index contributed by atoms with van der Waals surface area (Å²) < 4.78 is 7.02. The van der Waals surface area contributed by atoms with Crippen molar-refractivity contribution in [2.75, 3.05) is 4.90 Å². The first-order valence-corrected chi connectivity index (χ1v) is 12.4. The van der Waals surface area contributed by atoms with Crippen LogP contribution in [0.2, 0.25) is 10.0 Å². The molecular formula is C24H12BrCl2IN2O5. The predicted octanol–water partition coefficient (Wildman–Crippen LogP) is 6.25. The molecular weight excluding hydrogens is 674 g/mol. The molecule has 1 saturated heterocycles. The SMILES string of the molecule is O=C1NC(=O)N(c2ccc(I)cc2)C(=O)/C1=C\c1cc(Br)ccc1OC(=O)c1ccc(Cl)cc1Cl. The zero-order valence-corrected chi connectivity index (χ0v) is 22.6. The summed E-state index contributed by atoms with van der Waals surface area (Å²) in [5, 5.41) is 2.63. The van der Waals surface area contributed by atoms with Crippen molar-refractivity contribution < 1.29 is 23.9 Å². The van der Waals surface area contributed by atoms with E-state index in [1.54, 1.807) is 36.4 Å². The second kappa shape index (κ2) is 10.5. The van der Waals surface area contributed by atoms with Crippen LogP contribution in [0.5, 0.6) is 5.75 Å². The van der Waals surface area contributed by atoms with Gasteiger partial charge >= 0.3 is 12.0 Å². The van der Waals surface area contributed by atoms with E-state index < -0.39 is 23.8 Å². The molecule has 0 saturated carbocycles. The summed E-state index contributed by atoms with van der Waals surface area (Å²) in [4.78, 5) is 51.8. The number of esters is 1. The topological polar surface area (TPSA) is 92.8 Å².